The average Bonchev–Trinajstić information content (AvgIpc) is 2.36. The molecule has 0 fully saturated rings. The summed E-state index contributed by atoms with van der Waals surface area (Å²) in [5.41, 5.74) is 0.814. The summed E-state index contributed by atoms with van der Waals surface area (Å²) in [6, 6.07) is 5.89. The Hall–Kier alpha value is -1.48. The topological polar surface area (TPSA) is 65.3 Å². The van der Waals surface area contributed by atoms with Crippen LogP contribution in [0.1, 0.15) is 11.1 Å². The van der Waals surface area contributed by atoms with Gasteiger partial charge < -0.3 is 15.2 Å². The maximum Gasteiger partial charge on any atom is 0.127 e. The summed E-state index contributed by atoms with van der Waals surface area (Å²) in [6.45, 7) is 0.499. The molecular formula is C12H15FN2O2. The molecule has 4 nitrogen and oxygen atoms in total. The lowest BCUT2D eigenvalue weighted by atomic mass is 10.1. The molecule has 17 heavy (non-hydrogen) atoms. The second-order valence-electron chi connectivity index (χ2n) is 3.63. The van der Waals surface area contributed by atoms with E-state index in [2.05, 4.69) is 5.32 Å². The van der Waals surface area contributed by atoms with Gasteiger partial charge in [0.05, 0.1) is 30.9 Å². The van der Waals surface area contributed by atoms with Crippen LogP contribution in [0.2, 0.25) is 0 Å². The number of nitrogens with zero attached hydrogens (tertiary/aromatic N) is 1. The highest BCUT2D eigenvalue weighted by Crippen LogP contribution is 2.10. The molecule has 0 aliphatic rings. The largest absolute Gasteiger partial charge is 0.395 e. The van der Waals surface area contributed by atoms with Crippen LogP contribution in [0.15, 0.2) is 18.2 Å². The number of nitriles is 1. The second kappa shape index (κ2) is 6.97. The Kier molecular flexibility index (Phi) is 5.57. The number of aliphatic hydroxyl groups excluding tert-OH is 1. The Bertz CT molecular complexity index is 404. The molecule has 0 saturated carbocycles. The molecule has 1 rings (SSSR count). The van der Waals surface area contributed by atoms with E-state index in [1.54, 1.807) is 0 Å². The predicted molar refractivity (Wildman–Crippen MR) is 60.7 cm³/mol. The molecule has 0 radical (unpaired) electrons. The van der Waals surface area contributed by atoms with Crippen molar-refractivity contribution in [2.45, 2.75) is 12.6 Å². The molecule has 1 atom stereocenters. The maximum atomic E-state index is 13.4. The van der Waals surface area contributed by atoms with Crippen LogP contribution in [-0.4, -0.2) is 31.5 Å². The van der Waals surface area contributed by atoms with Crippen LogP contribution in [0, 0.1) is 17.1 Å². The van der Waals surface area contributed by atoms with Crippen LogP contribution >= 0.6 is 0 Å². The highest BCUT2D eigenvalue weighted by Gasteiger charge is 2.08. The number of nitrogens with one attached hydrogen (secondary N) is 1. The molecule has 0 spiro atoms. The first-order valence-corrected chi connectivity index (χ1v) is 5.23. The average molecular weight is 238 g/mol. The first-order valence-electron chi connectivity index (χ1n) is 5.23. The van der Waals surface area contributed by atoms with Crippen molar-refractivity contribution in [3.8, 4) is 6.07 Å². The van der Waals surface area contributed by atoms with Gasteiger partial charge in [0.2, 0.25) is 0 Å². The molecule has 0 aliphatic carbocycles. The molecule has 0 bridgehead atoms. The maximum absolute atomic E-state index is 13.4. The lowest BCUT2D eigenvalue weighted by molar-refractivity contribution is 0.128. The van der Waals surface area contributed by atoms with Gasteiger partial charge >= 0.3 is 0 Å². The fourth-order valence-corrected chi connectivity index (χ4v) is 1.41. The van der Waals surface area contributed by atoms with Crippen LogP contribution in [-0.2, 0) is 11.3 Å². The Balaban J connectivity index is 2.65. The summed E-state index contributed by atoms with van der Waals surface area (Å²) < 4.78 is 18.3. The van der Waals surface area contributed by atoms with Crippen LogP contribution < -0.4 is 5.32 Å². The summed E-state index contributed by atoms with van der Waals surface area (Å²) in [5.74, 6) is -0.370. The Morgan fingerprint density at radius 3 is 2.94 bits per heavy atom. The standard InChI is InChI=1S/C12H15FN2O2/c1-17-8-11(7-16)15-6-10-4-9(5-14)2-3-12(10)13/h2-4,11,15-16H,6-8H2,1H3. The molecule has 0 saturated heterocycles. The van der Waals surface area contributed by atoms with Crippen LogP contribution in [0.25, 0.3) is 0 Å². The van der Waals surface area contributed by atoms with Gasteiger partial charge in [-0.25, -0.2) is 4.39 Å². The highest BCUT2D eigenvalue weighted by molar-refractivity contribution is 5.33. The third-order valence-electron chi connectivity index (χ3n) is 2.34. The monoisotopic (exact) mass is 238 g/mol. The van der Waals surface area contributed by atoms with Crippen LogP contribution in [0.5, 0.6) is 0 Å². The quantitative estimate of drug-likeness (QED) is 0.769. The van der Waals surface area contributed by atoms with Gasteiger partial charge in [0.15, 0.2) is 0 Å². The van der Waals surface area contributed by atoms with Gasteiger partial charge in [0.25, 0.3) is 0 Å². The molecule has 5 heteroatoms. The minimum atomic E-state index is -0.370. The number of methoxy groups -OCH3 is 1. The lowest BCUT2D eigenvalue weighted by Gasteiger charge is -2.15. The molecule has 0 aromatic heterocycles. The van der Waals surface area contributed by atoms with Crippen molar-refractivity contribution < 1.29 is 14.2 Å². The van der Waals surface area contributed by atoms with Gasteiger partial charge in [-0.1, -0.05) is 0 Å². The summed E-state index contributed by atoms with van der Waals surface area (Å²) in [7, 11) is 1.53. The van der Waals surface area contributed by atoms with E-state index in [0.29, 0.717) is 17.7 Å². The molecule has 1 aromatic carbocycles. The Labute approximate surface area is 99.6 Å². The number of halogens is 1. The molecule has 0 aliphatic heterocycles. The minimum Gasteiger partial charge on any atom is -0.395 e. The van der Waals surface area contributed by atoms with Gasteiger partial charge in [-0.2, -0.15) is 5.26 Å². The first kappa shape index (κ1) is 13.6. The van der Waals surface area contributed by atoms with Crippen molar-refractivity contribution in [1.82, 2.24) is 5.32 Å². The Morgan fingerprint density at radius 2 is 2.35 bits per heavy atom. The first-order chi connectivity index (χ1) is 8.21. The fourth-order valence-electron chi connectivity index (χ4n) is 1.41. The summed E-state index contributed by atoms with van der Waals surface area (Å²) in [4.78, 5) is 0. The molecule has 0 amide bonds. The zero-order valence-corrected chi connectivity index (χ0v) is 9.61. The van der Waals surface area contributed by atoms with Gasteiger partial charge in [-0.3, -0.25) is 0 Å². The van der Waals surface area contributed by atoms with Gasteiger partial charge in [-0.15, -0.1) is 0 Å². The van der Waals surface area contributed by atoms with E-state index in [1.165, 1.54) is 25.3 Å². The van der Waals surface area contributed by atoms with E-state index in [4.69, 9.17) is 15.1 Å². The summed E-state index contributed by atoms with van der Waals surface area (Å²) in [5, 5.41) is 20.7. The fraction of sp³-hybridized carbons (Fsp3) is 0.417. The smallest absolute Gasteiger partial charge is 0.127 e. The lowest BCUT2D eigenvalue weighted by Crippen LogP contribution is -2.36. The van der Waals surface area contributed by atoms with Gasteiger partial charge in [-0.05, 0) is 18.2 Å². The van der Waals surface area contributed by atoms with Crippen molar-refractivity contribution in [2.24, 2.45) is 0 Å². The van der Waals surface area contributed by atoms with Crippen molar-refractivity contribution in [1.29, 1.82) is 5.26 Å². The zero-order valence-electron chi connectivity index (χ0n) is 9.61. The van der Waals surface area contributed by atoms with Crippen molar-refractivity contribution in [3.05, 3.63) is 35.1 Å². The molecule has 2 N–H and O–H groups in total. The molecule has 92 valence electrons. The number of aliphatic hydroxyl groups is 1. The van der Waals surface area contributed by atoms with Crippen molar-refractivity contribution in [3.63, 3.8) is 0 Å². The van der Waals surface area contributed by atoms with Crippen molar-refractivity contribution >= 4 is 0 Å². The van der Waals surface area contributed by atoms with Gasteiger partial charge in [0.1, 0.15) is 5.82 Å². The summed E-state index contributed by atoms with van der Waals surface area (Å²) >= 11 is 0. The normalized spacial score (nSPS) is 12.1. The van der Waals surface area contributed by atoms with E-state index >= 15 is 0 Å². The van der Waals surface area contributed by atoms with E-state index in [9.17, 15) is 4.39 Å². The minimum absolute atomic E-state index is 0.0899. The van der Waals surface area contributed by atoms with E-state index in [-0.39, 0.29) is 25.0 Å². The third kappa shape index (κ3) is 4.11. The molecular weight excluding hydrogens is 223 g/mol. The Morgan fingerprint density at radius 1 is 1.59 bits per heavy atom. The van der Waals surface area contributed by atoms with Crippen molar-refractivity contribution in [2.75, 3.05) is 20.3 Å². The number of hydrogen-bond donors (Lipinski definition) is 2. The van der Waals surface area contributed by atoms with Crippen LogP contribution in [0.3, 0.4) is 0 Å². The highest BCUT2D eigenvalue weighted by atomic mass is 19.1. The van der Waals surface area contributed by atoms with E-state index in [1.807, 2.05) is 6.07 Å². The number of rotatable bonds is 6. The van der Waals surface area contributed by atoms with Crippen LogP contribution in [0.4, 0.5) is 4.39 Å². The molecule has 1 aromatic rings. The number of benzene rings is 1. The zero-order chi connectivity index (χ0) is 12.7. The molecule has 1 unspecified atom stereocenters. The van der Waals surface area contributed by atoms with E-state index < -0.39 is 0 Å². The number of ether oxygens (including phenoxy) is 1. The molecule has 0 heterocycles. The summed E-state index contributed by atoms with van der Waals surface area (Å²) in [6.07, 6.45) is 0. The predicted octanol–water partition coefficient (Wildman–Crippen LogP) is 0.794. The second-order valence-corrected chi connectivity index (χ2v) is 3.63. The van der Waals surface area contributed by atoms with E-state index in [0.717, 1.165) is 0 Å². The van der Waals surface area contributed by atoms with Gasteiger partial charge in [0, 0.05) is 19.2 Å². The number of hydrogen-bond acceptors (Lipinski definition) is 4. The SMILES string of the molecule is COCC(CO)NCc1cc(C#N)ccc1F. The third-order valence-corrected chi connectivity index (χ3v) is 2.34.